The van der Waals surface area contributed by atoms with Crippen molar-refractivity contribution in [3.8, 4) is 0 Å². The molecule has 5 nitrogen and oxygen atoms in total. The van der Waals surface area contributed by atoms with E-state index in [1.54, 1.807) is 6.92 Å². The lowest BCUT2D eigenvalue weighted by Crippen LogP contribution is -2.52. The normalized spacial score (nSPS) is 16.1. The van der Waals surface area contributed by atoms with Crippen molar-refractivity contribution in [2.75, 3.05) is 6.54 Å². The maximum atomic E-state index is 11.8. The van der Waals surface area contributed by atoms with E-state index in [0.29, 0.717) is 18.9 Å². The first-order valence-electron chi connectivity index (χ1n) is 6.48. The van der Waals surface area contributed by atoms with Gasteiger partial charge in [-0.2, -0.15) is 0 Å². The molecule has 1 amide bonds. The Morgan fingerprint density at radius 1 is 1.39 bits per heavy atom. The van der Waals surface area contributed by atoms with Crippen molar-refractivity contribution in [2.24, 2.45) is 17.6 Å². The fourth-order valence-corrected chi connectivity index (χ4v) is 1.75. The predicted molar refractivity (Wildman–Crippen MR) is 71.1 cm³/mol. The SMILES string of the molecule is CCC(C)(N)C(=O)NC[C@H](CC(=O)O)CC(C)C. The maximum absolute atomic E-state index is 11.8. The highest BCUT2D eigenvalue weighted by molar-refractivity contribution is 5.85. The second-order valence-corrected chi connectivity index (χ2v) is 5.57. The predicted octanol–water partition coefficient (Wildman–Crippen LogP) is 1.37. The van der Waals surface area contributed by atoms with Gasteiger partial charge in [-0.15, -0.1) is 0 Å². The van der Waals surface area contributed by atoms with Crippen molar-refractivity contribution >= 4 is 11.9 Å². The molecule has 18 heavy (non-hydrogen) atoms. The van der Waals surface area contributed by atoms with Gasteiger partial charge in [0.1, 0.15) is 0 Å². The molecule has 0 aliphatic rings. The zero-order valence-corrected chi connectivity index (χ0v) is 11.8. The van der Waals surface area contributed by atoms with Crippen LogP contribution in [0.15, 0.2) is 0 Å². The smallest absolute Gasteiger partial charge is 0.303 e. The number of amides is 1. The fourth-order valence-electron chi connectivity index (χ4n) is 1.75. The molecule has 0 aromatic carbocycles. The standard InChI is InChI=1S/C13H26N2O3/c1-5-13(4,14)12(18)15-8-10(6-9(2)3)7-11(16)17/h9-10H,5-8,14H2,1-4H3,(H,15,18)(H,16,17)/t10-,13?/m0/s1. The summed E-state index contributed by atoms with van der Waals surface area (Å²) in [4.78, 5) is 22.5. The zero-order chi connectivity index (χ0) is 14.3. The summed E-state index contributed by atoms with van der Waals surface area (Å²) in [6.45, 7) is 7.97. The third-order valence-electron chi connectivity index (χ3n) is 3.07. The Morgan fingerprint density at radius 2 is 1.94 bits per heavy atom. The molecule has 0 saturated heterocycles. The first-order valence-corrected chi connectivity index (χ1v) is 6.48. The minimum atomic E-state index is -0.883. The lowest BCUT2D eigenvalue weighted by atomic mass is 9.93. The summed E-state index contributed by atoms with van der Waals surface area (Å²) in [5.41, 5.74) is 4.94. The molecule has 0 rings (SSSR count). The van der Waals surface area contributed by atoms with Crippen molar-refractivity contribution in [3.63, 3.8) is 0 Å². The molecule has 0 spiro atoms. The first-order chi connectivity index (χ1) is 8.19. The summed E-state index contributed by atoms with van der Waals surface area (Å²) >= 11 is 0. The third-order valence-corrected chi connectivity index (χ3v) is 3.07. The van der Waals surface area contributed by atoms with Crippen molar-refractivity contribution < 1.29 is 14.7 Å². The van der Waals surface area contributed by atoms with Gasteiger partial charge in [0, 0.05) is 13.0 Å². The highest BCUT2D eigenvalue weighted by Gasteiger charge is 2.26. The van der Waals surface area contributed by atoms with Gasteiger partial charge in [0.05, 0.1) is 5.54 Å². The van der Waals surface area contributed by atoms with Crippen LogP contribution >= 0.6 is 0 Å². The Bertz CT molecular complexity index is 288. The molecular weight excluding hydrogens is 232 g/mol. The maximum Gasteiger partial charge on any atom is 0.303 e. The molecular formula is C13H26N2O3. The van der Waals surface area contributed by atoms with Gasteiger partial charge < -0.3 is 16.2 Å². The lowest BCUT2D eigenvalue weighted by Gasteiger charge is -2.24. The molecule has 0 saturated carbocycles. The van der Waals surface area contributed by atoms with E-state index >= 15 is 0 Å². The monoisotopic (exact) mass is 258 g/mol. The number of carboxylic acids is 1. The molecule has 106 valence electrons. The summed E-state index contributed by atoms with van der Waals surface area (Å²) in [6, 6.07) is 0. The van der Waals surface area contributed by atoms with Gasteiger partial charge >= 0.3 is 5.97 Å². The first kappa shape index (κ1) is 16.9. The molecule has 2 atom stereocenters. The van der Waals surface area contributed by atoms with Crippen LogP contribution in [0.5, 0.6) is 0 Å². The second-order valence-electron chi connectivity index (χ2n) is 5.57. The summed E-state index contributed by atoms with van der Waals surface area (Å²) in [5.74, 6) is -0.689. The van der Waals surface area contributed by atoms with Crippen LogP contribution in [-0.4, -0.2) is 29.1 Å². The van der Waals surface area contributed by atoms with Crippen LogP contribution in [0.2, 0.25) is 0 Å². The van der Waals surface area contributed by atoms with Gasteiger partial charge in [0.25, 0.3) is 0 Å². The molecule has 0 bridgehead atoms. The number of carboxylic acid groups (broad SMARTS) is 1. The second kappa shape index (κ2) is 7.36. The molecule has 0 heterocycles. The Labute approximate surface area is 109 Å². The van der Waals surface area contributed by atoms with E-state index in [4.69, 9.17) is 10.8 Å². The van der Waals surface area contributed by atoms with Crippen LogP contribution in [-0.2, 0) is 9.59 Å². The van der Waals surface area contributed by atoms with E-state index in [2.05, 4.69) is 5.32 Å². The molecule has 1 unspecified atom stereocenters. The van der Waals surface area contributed by atoms with E-state index in [9.17, 15) is 9.59 Å². The van der Waals surface area contributed by atoms with Crippen molar-refractivity contribution in [1.82, 2.24) is 5.32 Å². The number of carbonyl (C=O) groups is 2. The number of rotatable bonds is 8. The van der Waals surface area contributed by atoms with Crippen LogP contribution in [0.25, 0.3) is 0 Å². The number of carbonyl (C=O) groups excluding carboxylic acids is 1. The van der Waals surface area contributed by atoms with Crippen LogP contribution in [0, 0.1) is 11.8 Å². The number of nitrogens with two attached hydrogens (primary N) is 1. The molecule has 0 aromatic heterocycles. The average molecular weight is 258 g/mol. The molecule has 0 aliphatic heterocycles. The van der Waals surface area contributed by atoms with Gasteiger partial charge in [-0.1, -0.05) is 20.8 Å². The number of nitrogens with one attached hydrogen (secondary N) is 1. The van der Waals surface area contributed by atoms with E-state index in [-0.39, 0.29) is 18.2 Å². The largest absolute Gasteiger partial charge is 0.481 e. The molecule has 0 aliphatic carbocycles. The summed E-state index contributed by atoms with van der Waals surface area (Å²) in [6.07, 6.45) is 1.40. The van der Waals surface area contributed by atoms with Crippen LogP contribution in [0.3, 0.4) is 0 Å². The van der Waals surface area contributed by atoms with Crippen molar-refractivity contribution in [1.29, 1.82) is 0 Å². The number of hydrogen-bond donors (Lipinski definition) is 3. The fraction of sp³-hybridized carbons (Fsp3) is 0.846. The topological polar surface area (TPSA) is 92.4 Å². The Kier molecular flexibility index (Phi) is 6.91. The summed E-state index contributed by atoms with van der Waals surface area (Å²) in [5, 5.41) is 11.6. The molecule has 0 fully saturated rings. The van der Waals surface area contributed by atoms with Crippen molar-refractivity contribution in [3.05, 3.63) is 0 Å². The minimum absolute atomic E-state index is 0.0425. The van der Waals surface area contributed by atoms with Crippen LogP contribution in [0.4, 0.5) is 0 Å². The zero-order valence-electron chi connectivity index (χ0n) is 11.8. The third kappa shape index (κ3) is 6.59. The molecule has 4 N–H and O–H groups in total. The quantitative estimate of drug-likeness (QED) is 0.613. The highest BCUT2D eigenvalue weighted by atomic mass is 16.4. The van der Waals surface area contributed by atoms with E-state index < -0.39 is 11.5 Å². The van der Waals surface area contributed by atoms with Crippen LogP contribution < -0.4 is 11.1 Å². The van der Waals surface area contributed by atoms with E-state index in [1.807, 2.05) is 20.8 Å². The highest BCUT2D eigenvalue weighted by Crippen LogP contribution is 2.15. The van der Waals surface area contributed by atoms with E-state index in [0.717, 1.165) is 6.42 Å². The summed E-state index contributed by atoms with van der Waals surface area (Å²) < 4.78 is 0. The number of hydrogen-bond acceptors (Lipinski definition) is 3. The molecule has 0 radical (unpaired) electrons. The Morgan fingerprint density at radius 3 is 2.33 bits per heavy atom. The van der Waals surface area contributed by atoms with Gasteiger partial charge in [-0.25, -0.2) is 0 Å². The van der Waals surface area contributed by atoms with Gasteiger partial charge in [0.15, 0.2) is 0 Å². The van der Waals surface area contributed by atoms with Crippen LogP contribution in [0.1, 0.15) is 47.0 Å². The number of aliphatic carboxylic acids is 1. The lowest BCUT2D eigenvalue weighted by molar-refractivity contribution is -0.138. The average Bonchev–Trinajstić information content (AvgIpc) is 2.23. The molecule has 5 heteroatoms. The Balaban J connectivity index is 4.34. The molecule has 0 aromatic rings. The van der Waals surface area contributed by atoms with Gasteiger partial charge in [-0.3, -0.25) is 9.59 Å². The Hall–Kier alpha value is -1.10. The summed E-state index contributed by atoms with van der Waals surface area (Å²) in [7, 11) is 0. The minimum Gasteiger partial charge on any atom is -0.481 e. The van der Waals surface area contributed by atoms with Crippen molar-refractivity contribution in [2.45, 2.75) is 52.5 Å². The van der Waals surface area contributed by atoms with Gasteiger partial charge in [-0.05, 0) is 31.6 Å². The van der Waals surface area contributed by atoms with Gasteiger partial charge in [0.2, 0.25) is 5.91 Å². The van der Waals surface area contributed by atoms with E-state index in [1.165, 1.54) is 0 Å².